The monoisotopic (exact) mass is 490 g/mol. The van der Waals surface area contributed by atoms with Gasteiger partial charge in [-0.15, -0.1) is 0 Å². The molecule has 0 saturated carbocycles. The highest BCUT2D eigenvalue weighted by molar-refractivity contribution is 7.89. The number of pyridine rings is 1. The number of likely N-dealkylation sites (N-methyl/N-ethyl adjacent to an activating group) is 1. The Morgan fingerprint density at radius 2 is 1.91 bits per heavy atom. The Labute approximate surface area is 201 Å². The molecule has 0 saturated heterocycles. The average molecular weight is 491 g/mol. The van der Waals surface area contributed by atoms with Crippen LogP contribution >= 0.6 is 0 Å². The summed E-state index contributed by atoms with van der Waals surface area (Å²) in [6, 6.07) is 7.81. The third-order valence-electron chi connectivity index (χ3n) is 5.89. The predicted molar refractivity (Wildman–Crippen MR) is 130 cm³/mol. The number of benzene rings is 1. The number of sulfonamides is 1. The standard InChI is InChI=1S/C24H34N4O5S/c1-16(2)26-24(30)27(5)14-22-17(3)13-28(18(4)15-29)34(31,32)23-7-6-20(12-21(23)33-22)19-8-10-25-11-9-19/h6-12,16-18,22,29H,13-15H2,1-5H3,(H,26,30)/t17-,18+,22-/m1/s1. The summed E-state index contributed by atoms with van der Waals surface area (Å²) in [5.74, 6) is -0.0329. The number of aliphatic hydroxyl groups is 1. The van der Waals surface area contributed by atoms with Gasteiger partial charge < -0.3 is 20.1 Å². The third kappa shape index (κ3) is 5.68. The first-order chi connectivity index (χ1) is 16.0. The van der Waals surface area contributed by atoms with Crippen LogP contribution in [0, 0.1) is 5.92 Å². The zero-order valence-corrected chi connectivity index (χ0v) is 21.1. The van der Waals surface area contributed by atoms with Crippen LogP contribution in [0.15, 0.2) is 47.6 Å². The Morgan fingerprint density at radius 1 is 1.24 bits per heavy atom. The highest BCUT2D eigenvalue weighted by Gasteiger charge is 2.38. The third-order valence-corrected chi connectivity index (χ3v) is 7.91. The van der Waals surface area contributed by atoms with Gasteiger partial charge in [0.05, 0.1) is 13.2 Å². The molecule has 10 heteroatoms. The molecule has 186 valence electrons. The number of carbonyl (C=O) groups is 1. The van der Waals surface area contributed by atoms with Gasteiger partial charge in [-0.05, 0) is 56.2 Å². The molecule has 0 spiro atoms. The minimum Gasteiger partial charge on any atom is -0.487 e. The average Bonchev–Trinajstić information content (AvgIpc) is 2.80. The van der Waals surface area contributed by atoms with Gasteiger partial charge >= 0.3 is 6.03 Å². The summed E-state index contributed by atoms with van der Waals surface area (Å²) in [6.45, 7) is 7.45. The summed E-state index contributed by atoms with van der Waals surface area (Å²) in [5.41, 5.74) is 1.66. The number of fused-ring (bicyclic) bond motifs is 1. The molecule has 2 aromatic rings. The van der Waals surface area contributed by atoms with Crippen molar-refractivity contribution < 1.29 is 23.1 Å². The van der Waals surface area contributed by atoms with Crippen LogP contribution in [0.25, 0.3) is 11.1 Å². The molecule has 1 aromatic heterocycles. The molecule has 1 aromatic carbocycles. The van der Waals surface area contributed by atoms with Crippen molar-refractivity contribution in [1.29, 1.82) is 0 Å². The zero-order chi connectivity index (χ0) is 25.0. The molecular formula is C24H34N4O5S. The molecule has 0 unspecified atom stereocenters. The van der Waals surface area contributed by atoms with Gasteiger partial charge in [-0.25, -0.2) is 13.2 Å². The predicted octanol–water partition coefficient (Wildman–Crippen LogP) is 2.57. The Hall–Kier alpha value is -2.69. The minimum atomic E-state index is -3.93. The maximum absolute atomic E-state index is 13.6. The maximum atomic E-state index is 13.6. The highest BCUT2D eigenvalue weighted by Crippen LogP contribution is 2.36. The smallest absolute Gasteiger partial charge is 0.317 e. The van der Waals surface area contributed by atoms with Crippen LogP contribution < -0.4 is 10.1 Å². The number of rotatable bonds is 6. The number of nitrogens with zero attached hydrogens (tertiary/aromatic N) is 3. The Balaban J connectivity index is 2.06. The number of aromatic nitrogens is 1. The molecule has 2 heterocycles. The van der Waals surface area contributed by atoms with Crippen molar-refractivity contribution in [3.05, 3.63) is 42.7 Å². The van der Waals surface area contributed by atoms with Crippen molar-refractivity contribution in [2.24, 2.45) is 5.92 Å². The van der Waals surface area contributed by atoms with Crippen LogP contribution in [0.5, 0.6) is 5.75 Å². The number of aliphatic hydroxyl groups excluding tert-OH is 1. The number of carbonyl (C=O) groups excluding carboxylic acids is 1. The number of hydrogen-bond donors (Lipinski definition) is 2. The molecule has 3 rings (SSSR count). The van der Waals surface area contributed by atoms with E-state index in [9.17, 15) is 18.3 Å². The highest BCUT2D eigenvalue weighted by atomic mass is 32.2. The van der Waals surface area contributed by atoms with E-state index in [0.29, 0.717) is 0 Å². The van der Waals surface area contributed by atoms with Crippen molar-refractivity contribution >= 4 is 16.1 Å². The fourth-order valence-electron chi connectivity index (χ4n) is 3.88. The fraction of sp³-hybridized carbons (Fsp3) is 0.500. The summed E-state index contributed by atoms with van der Waals surface area (Å²) >= 11 is 0. The summed E-state index contributed by atoms with van der Waals surface area (Å²) in [4.78, 5) is 18.1. The molecular weight excluding hydrogens is 456 g/mol. The molecule has 2 amide bonds. The zero-order valence-electron chi connectivity index (χ0n) is 20.3. The Kier molecular flexibility index (Phi) is 8.17. The van der Waals surface area contributed by atoms with Crippen LogP contribution in [0.1, 0.15) is 27.7 Å². The first-order valence-corrected chi connectivity index (χ1v) is 12.8. The van der Waals surface area contributed by atoms with Crippen LogP contribution in [0.3, 0.4) is 0 Å². The van der Waals surface area contributed by atoms with Gasteiger partial charge in [0.2, 0.25) is 10.0 Å². The van der Waals surface area contributed by atoms with E-state index >= 15 is 0 Å². The topological polar surface area (TPSA) is 112 Å². The molecule has 34 heavy (non-hydrogen) atoms. The second kappa shape index (κ2) is 10.7. The maximum Gasteiger partial charge on any atom is 0.317 e. The molecule has 1 aliphatic heterocycles. The van der Waals surface area contributed by atoms with Crippen molar-refractivity contribution in [2.75, 3.05) is 26.7 Å². The minimum absolute atomic E-state index is 0.0136. The molecule has 0 fully saturated rings. The summed E-state index contributed by atoms with van der Waals surface area (Å²) in [7, 11) is -2.24. The lowest BCUT2D eigenvalue weighted by Gasteiger charge is -2.37. The van der Waals surface area contributed by atoms with E-state index in [1.807, 2.05) is 32.9 Å². The van der Waals surface area contributed by atoms with Gasteiger partial charge in [-0.2, -0.15) is 4.31 Å². The lowest BCUT2D eigenvalue weighted by atomic mass is 10.0. The van der Waals surface area contributed by atoms with Crippen molar-refractivity contribution in [3.63, 3.8) is 0 Å². The molecule has 2 N–H and O–H groups in total. The number of amides is 2. The Morgan fingerprint density at radius 3 is 2.53 bits per heavy atom. The summed E-state index contributed by atoms with van der Waals surface area (Å²) < 4.78 is 34.8. The van der Waals surface area contributed by atoms with Gasteiger partial charge in [0, 0.05) is 44.0 Å². The molecule has 3 atom stereocenters. The van der Waals surface area contributed by atoms with E-state index in [0.717, 1.165) is 11.1 Å². The summed E-state index contributed by atoms with van der Waals surface area (Å²) in [6.07, 6.45) is 2.86. The lowest BCUT2D eigenvalue weighted by molar-refractivity contribution is 0.0810. The van der Waals surface area contributed by atoms with Crippen LogP contribution in [-0.2, 0) is 10.0 Å². The van der Waals surface area contributed by atoms with Gasteiger partial charge in [0.1, 0.15) is 16.7 Å². The number of hydrogen-bond acceptors (Lipinski definition) is 6. The van der Waals surface area contributed by atoms with Gasteiger partial charge in [-0.3, -0.25) is 4.98 Å². The second-order valence-electron chi connectivity index (χ2n) is 9.12. The molecule has 0 radical (unpaired) electrons. The van der Waals surface area contributed by atoms with E-state index in [1.54, 1.807) is 49.5 Å². The largest absolute Gasteiger partial charge is 0.487 e. The van der Waals surface area contributed by atoms with E-state index in [-0.39, 0.29) is 48.3 Å². The van der Waals surface area contributed by atoms with E-state index < -0.39 is 22.2 Å². The van der Waals surface area contributed by atoms with Crippen LogP contribution in [0.2, 0.25) is 0 Å². The normalized spacial score (nSPS) is 21.0. The second-order valence-corrected chi connectivity index (χ2v) is 11.0. The van der Waals surface area contributed by atoms with Gasteiger partial charge in [0.25, 0.3) is 0 Å². The number of ether oxygens (including phenoxy) is 1. The molecule has 9 nitrogen and oxygen atoms in total. The number of nitrogens with one attached hydrogen (secondary N) is 1. The quantitative estimate of drug-likeness (QED) is 0.644. The van der Waals surface area contributed by atoms with Crippen molar-refractivity contribution in [3.8, 4) is 16.9 Å². The lowest BCUT2D eigenvalue weighted by Crippen LogP contribution is -2.51. The van der Waals surface area contributed by atoms with Crippen LogP contribution in [-0.4, -0.2) is 78.7 Å². The first-order valence-electron chi connectivity index (χ1n) is 11.4. The fourth-order valence-corrected chi connectivity index (χ4v) is 5.70. The van der Waals surface area contributed by atoms with E-state index in [2.05, 4.69) is 10.3 Å². The molecule has 0 aliphatic carbocycles. The molecule has 1 aliphatic rings. The number of urea groups is 1. The SMILES string of the molecule is CC(C)NC(=O)N(C)C[C@H]1Oc2cc(-c3ccncc3)ccc2S(=O)(=O)N([C@@H](C)CO)C[C@H]1C. The van der Waals surface area contributed by atoms with Crippen molar-refractivity contribution in [2.45, 2.75) is 50.8 Å². The molecule has 0 bridgehead atoms. The van der Waals surface area contributed by atoms with Gasteiger partial charge in [0.15, 0.2) is 0 Å². The van der Waals surface area contributed by atoms with E-state index in [1.165, 1.54) is 4.31 Å². The summed E-state index contributed by atoms with van der Waals surface area (Å²) in [5, 5.41) is 12.6. The Bertz CT molecular complexity index is 1090. The van der Waals surface area contributed by atoms with Crippen LogP contribution in [0.4, 0.5) is 4.79 Å². The van der Waals surface area contributed by atoms with E-state index in [4.69, 9.17) is 4.74 Å². The van der Waals surface area contributed by atoms with Crippen molar-refractivity contribution in [1.82, 2.24) is 19.5 Å². The first kappa shape index (κ1) is 25.9. The van der Waals surface area contributed by atoms with Gasteiger partial charge in [-0.1, -0.05) is 13.0 Å².